The fourth-order valence-corrected chi connectivity index (χ4v) is 2.85. The third kappa shape index (κ3) is 2.66. The van der Waals surface area contributed by atoms with Crippen LogP contribution in [0.4, 0.5) is 11.5 Å². The molecule has 1 aromatic carbocycles. The number of fused-ring (bicyclic) bond motifs is 1. The lowest BCUT2D eigenvalue weighted by Crippen LogP contribution is -2.01. The van der Waals surface area contributed by atoms with Gasteiger partial charge in [0.2, 0.25) is 0 Å². The van der Waals surface area contributed by atoms with Crippen LogP contribution < -0.4 is 11.5 Å². The molecule has 0 aliphatic heterocycles. The molecule has 0 unspecified atom stereocenters. The Balaban J connectivity index is 0.00000182. The summed E-state index contributed by atoms with van der Waals surface area (Å²) in [6.45, 7) is 2.70. The van der Waals surface area contributed by atoms with Crippen LogP contribution in [0, 0.1) is 0 Å². The minimum Gasteiger partial charge on any atom is -0.399 e. The van der Waals surface area contributed by atoms with Gasteiger partial charge in [-0.05, 0) is 34.9 Å². The highest BCUT2D eigenvalue weighted by molar-refractivity contribution is 5.94. The topological polar surface area (TPSA) is 122 Å². The van der Waals surface area contributed by atoms with Gasteiger partial charge in [-0.2, -0.15) is 0 Å². The largest absolute Gasteiger partial charge is 0.399 e. The highest BCUT2D eigenvalue weighted by Crippen LogP contribution is 2.33. The van der Waals surface area contributed by atoms with E-state index in [1.807, 2.05) is 35.8 Å². The van der Waals surface area contributed by atoms with Gasteiger partial charge in [0.05, 0.1) is 11.7 Å². The molecule has 0 radical (unpaired) electrons. The minimum atomic E-state index is 0. The maximum Gasteiger partial charge on any atom is 0.199 e. The maximum absolute atomic E-state index is 5.92. The molecular formula is C16H16ClN7O. The second-order valence-corrected chi connectivity index (χ2v) is 5.36. The SMILES string of the molecule is CCn1c(-c2nonc2N)nc2cncc(-c3cccc(N)c3)c21.Cl. The Kier molecular flexibility index (Phi) is 4.28. The second kappa shape index (κ2) is 6.40. The first-order valence-corrected chi connectivity index (χ1v) is 7.47. The fourth-order valence-electron chi connectivity index (χ4n) is 2.85. The van der Waals surface area contributed by atoms with Crippen LogP contribution >= 0.6 is 12.4 Å². The Hall–Kier alpha value is -3.13. The molecule has 0 bridgehead atoms. The van der Waals surface area contributed by atoms with E-state index in [9.17, 15) is 0 Å². The van der Waals surface area contributed by atoms with Gasteiger partial charge >= 0.3 is 0 Å². The van der Waals surface area contributed by atoms with Crippen molar-refractivity contribution in [1.82, 2.24) is 24.8 Å². The van der Waals surface area contributed by atoms with Crippen molar-refractivity contribution in [1.29, 1.82) is 0 Å². The van der Waals surface area contributed by atoms with Crippen molar-refractivity contribution < 1.29 is 4.63 Å². The number of nitrogens with two attached hydrogens (primary N) is 2. The zero-order valence-corrected chi connectivity index (χ0v) is 14.2. The highest BCUT2D eigenvalue weighted by Gasteiger charge is 2.20. The van der Waals surface area contributed by atoms with Crippen molar-refractivity contribution in [2.75, 3.05) is 11.5 Å². The standard InChI is InChI=1S/C16H15N7O.ClH/c1-2-23-14-11(9-4-3-5-10(17)6-9)7-19-8-12(14)20-16(23)13-15(18)22-24-21-13;/h3-8H,2,17H2,1H3,(H2,18,22);1H. The van der Waals surface area contributed by atoms with Gasteiger partial charge in [-0.1, -0.05) is 12.1 Å². The third-order valence-electron chi connectivity index (χ3n) is 3.89. The number of benzene rings is 1. The van der Waals surface area contributed by atoms with Gasteiger partial charge in [0, 0.05) is 24.0 Å². The lowest BCUT2D eigenvalue weighted by atomic mass is 10.1. The highest BCUT2D eigenvalue weighted by atomic mass is 35.5. The molecule has 0 spiro atoms. The molecule has 4 aromatic rings. The lowest BCUT2D eigenvalue weighted by Gasteiger charge is -2.09. The van der Waals surface area contributed by atoms with Crippen LogP contribution in [0.5, 0.6) is 0 Å². The van der Waals surface area contributed by atoms with Crippen molar-refractivity contribution in [2.45, 2.75) is 13.5 Å². The van der Waals surface area contributed by atoms with E-state index in [-0.39, 0.29) is 18.2 Å². The predicted molar refractivity (Wildman–Crippen MR) is 98.0 cm³/mol. The minimum absolute atomic E-state index is 0. The van der Waals surface area contributed by atoms with E-state index < -0.39 is 0 Å². The first kappa shape index (κ1) is 16.7. The number of hydrogen-bond acceptors (Lipinski definition) is 7. The Morgan fingerprint density at radius 2 is 2.00 bits per heavy atom. The van der Waals surface area contributed by atoms with E-state index in [4.69, 9.17) is 16.1 Å². The van der Waals surface area contributed by atoms with Gasteiger partial charge in [-0.25, -0.2) is 9.61 Å². The Labute approximate surface area is 149 Å². The number of imidazole rings is 1. The number of aryl methyl sites for hydroxylation is 1. The molecule has 4 rings (SSSR count). The monoisotopic (exact) mass is 357 g/mol. The van der Waals surface area contributed by atoms with Gasteiger partial charge in [-0.15, -0.1) is 12.4 Å². The molecule has 0 saturated carbocycles. The number of rotatable bonds is 3. The van der Waals surface area contributed by atoms with Crippen LogP contribution in [0.2, 0.25) is 0 Å². The average Bonchev–Trinajstić information content (AvgIpc) is 3.17. The van der Waals surface area contributed by atoms with Gasteiger partial charge in [0.25, 0.3) is 0 Å². The van der Waals surface area contributed by atoms with Crippen molar-refractivity contribution >= 4 is 34.9 Å². The van der Waals surface area contributed by atoms with Crippen molar-refractivity contribution in [3.63, 3.8) is 0 Å². The molecule has 25 heavy (non-hydrogen) atoms. The summed E-state index contributed by atoms with van der Waals surface area (Å²) in [4.78, 5) is 8.93. The number of hydrogen-bond donors (Lipinski definition) is 2. The van der Waals surface area contributed by atoms with E-state index in [2.05, 4.69) is 20.3 Å². The Bertz CT molecular complexity index is 1040. The predicted octanol–water partition coefficient (Wildman–Crippen LogP) is 2.75. The van der Waals surface area contributed by atoms with Gasteiger partial charge in [-0.3, -0.25) is 4.98 Å². The van der Waals surface area contributed by atoms with Crippen LogP contribution in [-0.4, -0.2) is 24.8 Å². The summed E-state index contributed by atoms with van der Waals surface area (Å²) in [5.41, 5.74) is 16.5. The second-order valence-electron chi connectivity index (χ2n) is 5.36. The molecule has 0 saturated heterocycles. The molecule has 3 heterocycles. The zero-order valence-electron chi connectivity index (χ0n) is 13.4. The first-order valence-electron chi connectivity index (χ1n) is 7.47. The van der Waals surface area contributed by atoms with E-state index >= 15 is 0 Å². The number of halogens is 1. The molecule has 9 heteroatoms. The maximum atomic E-state index is 5.92. The molecule has 0 atom stereocenters. The number of nitrogens with zero attached hydrogens (tertiary/aromatic N) is 5. The van der Waals surface area contributed by atoms with E-state index in [0.29, 0.717) is 23.8 Å². The van der Waals surface area contributed by atoms with Gasteiger partial charge in [0.15, 0.2) is 17.3 Å². The molecular weight excluding hydrogens is 342 g/mol. The van der Waals surface area contributed by atoms with Crippen LogP contribution in [-0.2, 0) is 6.54 Å². The van der Waals surface area contributed by atoms with Crippen molar-refractivity contribution in [3.8, 4) is 22.6 Å². The number of anilines is 2. The molecule has 0 fully saturated rings. The zero-order chi connectivity index (χ0) is 16.7. The Morgan fingerprint density at radius 1 is 1.16 bits per heavy atom. The molecule has 0 amide bonds. The summed E-state index contributed by atoms with van der Waals surface area (Å²) >= 11 is 0. The van der Waals surface area contributed by atoms with Crippen molar-refractivity contribution in [3.05, 3.63) is 36.7 Å². The van der Waals surface area contributed by atoms with Crippen molar-refractivity contribution in [2.24, 2.45) is 0 Å². The summed E-state index contributed by atoms with van der Waals surface area (Å²) in [6, 6.07) is 7.67. The third-order valence-corrected chi connectivity index (χ3v) is 3.89. The molecule has 8 nitrogen and oxygen atoms in total. The van der Waals surface area contributed by atoms with Crippen LogP contribution in [0.15, 0.2) is 41.3 Å². The smallest absolute Gasteiger partial charge is 0.199 e. The molecule has 0 aliphatic carbocycles. The first-order chi connectivity index (χ1) is 11.7. The molecule has 0 aliphatic rings. The van der Waals surface area contributed by atoms with Crippen LogP contribution in [0.1, 0.15) is 6.92 Å². The quantitative estimate of drug-likeness (QED) is 0.540. The molecule has 128 valence electrons. The normalized spacial score (nSPS) is 10.8. The Morgan fingerprint density at radius 3 is 2.68 bits per heavy atom. The van der Waals surface area contributed by atoms with Gasteiger partial charge < -0.3 is 16.0 Å². The molecule has 4 N–H and O–H groups in total. The van der Waals surface area contributed by atoms with E-state index in [1.165, 1.54) is 0 Å². The summed E-state index contributed by atoms with van der Waals surface area (Å²) in [7, 11) is 0. The summed E-state index contributed by atoms with van der Waals surface area (Å²) in [6.07, 6.45) is 3.52. The van der Waals surface area contributed by atoms with Crippen LogP contribution in [0.3, 0.4) is 0 Å². The number of pyridine rings is 1. The number of aromatic nitrogens is 5. The van der Waals surface area contributed by atoms with Crippen LogP contribution in [0.25, 0.3) is 33.7 Å². The average molecular weight is 358 g/mol. The summed E-state index contributed by atoms with van der Waals surface area (Å²) in [5.74, 6) is 0.808. The lowest BCUT2D eigenvalue weighted by molar-refractivity contribution is 0.310. The fraction of sp³-hybridized carbons (Fsp3) is 0.125. The van der Waals surface area contributed by atoms with E-state index in [1.54, 1.807) is 12.4 Å². The molecule has 3 aromatic heterocycles. The number of nitrogen functional groups attached to an aromatic ring is 2. The summed E-state index contributed by atoms with van der Waals surface area (Å²) in [5, 5.41) is 7.51. The van der Waals surface area contributed by atoms with Gasteiger partial charge in [0.1, 0.15) is 5.52 Å². The summed E-state index contributed by atoms with van der Waals surface area (Å²) < 4.78 is 6.73. The van der Waals surface area contributed by atoms with E-state index in [0.717, 1.165) is 22.2 Å².